The number of aliphatic hydroxyl groups is 1. The zero-order valence-corrected chi connectivity index (χ0v) is 12.9. The van der Waals surface area contributed by atoms with Crippen molar-refractivity contribution >= 4 is 15.9 Å². The summed E-state index contributed by atoms with van der Waals surface area (Å²) in [6, 6.07) is -0.627. The van der Waals surface area contributed by atoms with Gasteiger partial charge in [0.25, 0.3) is 0 Å². The average Bonchev–Trinajstić information content (AvgIpc) is 2.38. The maximum atomic E-state index is 12.1. The first-order valence-electron chi connectivity index (χ1n) is 6.77. The van der Waals surface area contributed by atoms with Gasteiger partial charge >= 0.3 is 0 Å². The van der Waals surface area contributed by atoms with Crippen molar-refractivity contribution in [3.8, 4) is 0 Å². The van der Waals surface area contributed by atoms with E-state index in [0.717, 1.165) is 19.1 Å². The summed E-state index contributed by atoms with van der Waals surface area (Å²) < 4.78 is 29.4. The molecule has 0 spiro atoms. The first-order chi connectivity index (χ1) is 9.36. The second-order valence-corrected chi connectivity index (χ2v) is 7.01. The lowest BCUT2D eigenvalue weighted by atomic mass is 10.0. The molecule has 2 unspecified atom stereocenters. The van der Waals surface area contributed by atoms with Gasteiger partial charge in [0, 0.05) is 20.2 Å². The number of rotatable bonds is 7. The van der Waals surface area contributed by atoms with Gasteiger partial charge in [-0.15, -0.1) is 0 Å². The van der Waals surface area contributed by atoms with E-state index in [-0.39, 0.29) is 12.5 Å². The molecule has 1 rings (SSSR count). The minimum atomic E-state index is -3.37. The molecule has 0 radical (unpaired) electrons. The van der Waals surface area contributed by atoms with Crippen LogP contribution in [0.3, 0.4) is 0 Å². The molecule has 2 N–H and O–H groups in total. The lowest BCUT2D eigenvalue weighted by molar-refractivity contribution is -0.125. The van der Waals surface area contributed by atoms with Crippen LogP contribution >= 0.6 is 0 Å². The number of amides is 1. The van der Waals surface area contributed by atoms with Crippen molar-refractivity contribution < 1.29 is 23.1 Å². The third kappa shape index (κ3) is 5.35. The molecule has 0 bridgehead atoms. The van der Waals surface area contributed by atoms with Crippen LogP contribution in [0.2, 0.25) is 0 Å². The van der Waals surface area contributed by atoms with Gasteiger partial charge in [-0.1, -0.05) is 6.42 Å². The van der Waals surface area contributed by atoms with Crippen LogP contribution in [0.25, 0.3) is 0 Å². The number of ether oxygens (including phenoxy) is 1. The van der Waals surface area contributed by atoms with E-state index >= 15 is 0 Å². The highest BCUT2D eigenvalue weighted by Gasteiger charge is 2.34. The Labute approximate surface area is 120 Å². The van der Waals surface area contributed by atoms with Gasteiger partial charge in [0.15, 0.2) is 0 Å². The van der Waals surface area contributed by atoms with Crippen LogP contribution < -0.4 is 5.32 Å². The Kier molecular flexibility index (Phi) is 6.87. The fourth-order valence-corrected chi connectivity index (χ4v) is 3.44. The molecular formula is C12H24N2O5S. The monoisotopic (exact) mass is 308 g/mol. The third-order valence-electron chi connectivity index (χ3n) is 3.32. The fraction of sp³-hybridized carbons (Fsp3) is 0.917. The second-order valence-electron chi connectivity index (χ2n) is 5.07. The Morgan fingerprint density at radius 2 is 2.20 bits per heavy atom. The maximum Gasteiger partial charge on any atom is 0.238 e. The Bertz CT molecular complexity index is 412. The summed E-state index contributed by atoms with van der Waals surface area (Å²) in [6.45, 7) is 0.912. The van der Waals surface area contributed by atoms with Crippen molar-refractivity contribution in [2.24, 2.45) is 0 Å². The summed E-state index contributed by atoms with van der Waals surface area (Å²) in [7, 11) is -1.87. The normalized spacial score (nSPS) is 22.4. The summed E-state index contributed by atoms with van der Waals surface area (Å²) in [5, 5.41) is 12.2. The molecule has 20 heavy (non-hydrogen) atoms. The highest BCUT2D eigenvalue weighted by molar-refractivity contribution is 7.88. The SMILES string of the molecule is COCC(O)CCNC(=O)C1CCCCN1S(C)(=O)=O. The smallest absolute Gasteiger partial charge is 0.238 e. The van der Waals surface area contributed by atoms with Crippen LogP contribution in [0, 0.1) is 0 Å². The van der Waals surface area contributed by atoms with Gasteiger partial charge in [-0.2, -0.15) is 4.31 Å². The van der Waals surface area contributed by atoms with Gasteiger partial charge in [-0.3, -0.25) is 4.79 Å². The van der Waals surface area contributed by atoms with E-state index in [2.05, 4.69) is 5.32 Å². The highest BCUT2D eigenvalue weighted by atomic mass is 32.2. The lowest BCUT2D eigenvalue weighted by Gasteiger charge is -2.32. The van der Waals surface area contributed by atoms with Gasteiger partial charge in [-0.05, 0) is 19.3 Å². The molecule has 1 aliphatic heterocycles. The maximum absolute atomic E-state index is 12.1. The molecule has 1 saturated heterocycles. The summed E-state index contributed by atoms with van der Waals surface area (Å²) in [4.78, 5) is 12.1. The minimum Gasteiger partial charge on any atom is -0.391 e. The largest absolute Gasteiger partial charge is 0.391 e. The van der Waals surface area contributed by atoms with Crippen LogP contribution in [-0.4, -0.2) is 68.9 Å². The molecule has 0 aromatic heterocycles. The Balaban J connectivity index is 2.48. The van der Waals surface area contributed by atoms with Crippen molar-refractivity contribution in [3.05, 3.63) is 0 Å². The van der Waals surface area contributed by atoms with Gasteiger partial charge in [0.1, 0.15) is 6.04 Å². The van der Waals surface area contributed by atoms with E-state index < -0.39 is 22.2 Å². The highest BCUT2D eigenvalue weighted by Crippen LogP contribution is 2.19. The van der Waals surface area contributed by atoms with Crippen molar-refractivity contribution in [1.29, 1.82) is 0 Å². The van der Waals surface area contributed by atoms with Crippen LogP contribution in [-0.2, 0) is 19.6 Å². The van der Waals surface area contributed by atoms with Crippen LogP contribution in [0.15, 0.2) is 0 Å². The number of methoxy groups -OCH3 is 1. The van der Waals surface area contributed by atoms with Crippen molar-refractivity contribution in [1.82, 2.24) is 9.62 Å². The van der Waals surface area contributed by atoms with E-state index in [1.54, 1.807) is 0 Å². The number of aliphatic hydroxyl groups excluding tert-OH is 1. The second kappa shape index (κ2) is 7.92. The predicted molar refractivity (Wildman–Crippen MR) is 74.7 cm³/mol. The Hall–Kier alpha value is -0.700. The van der Waals surface area contributed by atoms with E-state index in [1.165, 1.54) is 11.4 Å². The molecule has 7 nitrogen and oxygen atoms in total. The van der Waals surface area contributed by atoms with Crippen molar-refractivity contribution in [2.75, 3.05) is 33.1 Å². The molecule has 0 saturated carbocycles. The van der Waals surface area contributed by atoms with E-state index in [4.69, 9.17) is 4.74 Å². The van der Waals surface area contributed by atoms with E-state index in [9.17, 15) is 18.3 Å². The summed E-state index contributed by atoms with van der Waals surface area (Å²) in [6.07, 6.45) is 3.04. The molecule has 118 valence electrons. The number of piperidine rings is 1. The van der Waals surface area contributed by atoms with Gasteiger partial charge in [0.2, 0.25) is 15.9 Å². The van der Waals surface area contributed by atoms with Gasteiger partial charge in [-0.25, -0.2) is 8.42 Å². The fourth-order valence-electron chi connectivity index (χ4n) is 2.32. The van der Waals surface area contributed by atoms with Crippen LogP contribution in [0.1, 0.15) is 25.7 Å². The number of hydrogen-bond donors (Lipinski definition) is 2. The summed E-state index contributed by atoms with van der Waals surface area (Å²) >= 11 is 0. The summed E-state index contributed by atoms with van der Waals surface area (Å²) in [5.41, 5.74) is 0. The zero-order valence-electron chi connectivity index (χ0n) is 12.0. The minimum absolute atomic E-state index is 0.217. The Morgan fingerprint density at radius 3 is 2.80 bits per heavy atom. The molecule has 0 aromatic carbocycles. The molecular weight excluding hydrogens is 284 g/mol. The average molecular weight is 308 g/mol. The quantitative estimate of drug-likeness (QED) is 0.649. The molecule has 0 aliphatic carbocycles. The Morgan fingerprint density at radius 1 is 1.50 bits per heavy atom. The van der Waals surface area contributed by atoms with Crippen molar-refractivity contribution in [3.63, 3.8) is 0 Å². The van der Waals surface area contributed by atoms with E-state index in [1.807, 2.05) is 0 Å². The van der Waals surface area contributed by atoms with E-state index in [0.29, 0.717) is 25.9 Å². The molecule has 1 fully saturated rings. The van der Waals surface area contributed by atoms with Crippen LogP contribution in [0.5, 0.6) is 0 Å². The van der Waals surface area contributed by atoms with Gasteiger partial charge in [0.05, 0.1) is 19.0 Å². The number of hydrogen-bond acceptors (Lipinski definition) is 5. The number of sulfonamides is 1. The molecule has 8 heteroatoms. The molecule has 1 amide bonds. The van der Waals surface area contributed by atoms with Crippen molar-refractivity contribution in [2.45, 2.75) is 37.8 Å². The van der Waals surface area contributed by atoms with Crippen LogP contribution in [0.4, 0.5) is 0 Å². The predicted octanol–water partition coefficient (Wildman–Crippen LogP) is -0.686. The number of nitrogens with zero attached hydrogens (tertiary/aromatic N) is 1. The number of carbonyl (C=O) groups excluding carboxylic acids is 1. The first-order valence-corrected chi connectivity index (χ1v) is 8.62. The molecule has 0 aromatic rings. The lowest BCUT2D eigenvalue weighted by Crippen LogP contribution is -2.51. The summed E-state index contributed by atoms with van der Waals surface area (Å²) in [5.74, 6) is -0.292. The first kappa shape index (κ1) is 17.4. The topological polar surface area (TPSA) is 95.9 Å². The third-order valence-corrected chi connectivity index (χ3v) is 4.61. The molecule has 1 heterocycles. The standard InChI is InChI=1S/C12H24N2O5S/c1-19-9-10(15)6-7-13-12(16)11-5-3-4-8-14(11)20(2,17)18/h10-11,15H,3-9H2,1-2H3,(H,13,16). The molecule has 2 atom stereocenters. The number of nitrogens with one attached hydrogen (secondary N) is 1. The zero-order chi connectivity index (χ0) is 15.2. The number of carbonyl (C=O) groups is 1. The molecule has 1 aliphatic rings. The van der Waals surface area contributed by atoms with Gasteiger partial charge < -0.3 is 15.2 Å².